The molecular formula is C103H131N19O11. The number of amides is 8. The molecule has 0 saturated carbocycles. The predicted molar refractivity (Wildman–Crippen MR) is 525 cm³/mol. The predicted octanol–water partition coefficient (Wildman–Crippen LogP) is 23.9. The molecule has 0 spiro atoms. The number of aromatic nitrogens is 11. The van der Waals surface area contributed by atoms with Crippen LogP contribution in [-0.4, -0.2) is 122 Å². The van der Waals surface area contributed by atoms with Crippen molar-refractivity contribution in [3.05, 3.63) is 168 Å². The molecule has 0 aromatic carbocycles. The van der Waals surface area contributed by atoms with Crippen molar-refractivity contribution in [2.75, 3.05) is 62.4 Å². The first-order valence-corrected chi connectivity index (χ1v) is 48.5. The van der Waals surface area contributed by atoms with Crippen molar-refractivity contribution >= 4 is 138 Å². The van der Waals surface area contributed by atoms with Gasteiger partial charge in [-0.15, -0.1) is 0 Å². The lowest BCUT2D eigenvalue weighted by Crippen LogP contribution is -2.20. The Morgan fingerprint density at radius 2 is 0.368 bits per heavy atom. The highest BCUT2D eigenvalue weighted by atomic mass is 16.5. The third-order valence-corrected chi connectivity index (χ3v) is 22.8. The number of hydrogen-bond acceptors (Lipinski definition) is 22. The van der Waals surface area contributed by atoms with Crippen LogP contribution < -0.4 is 56.7 Å². The van der Waals surface area contributed by atoms with Gasteiger partial charge in [0.25, 0.3) is 35.4 Å². The molecule has 0 radical (unpaired) electrons. The van der Waals surface area contributed by atoms with Crippen molar-refractivity contribution in [3.8, 4) is 17.2 Å². The largest absolute Gasteiger partial charge is 0.493 e. The number of pyridine rings is 11. The maximum atomic E-state index is 14.5. The second-order valence-corrected chi connectivity index (χ2v) is 34.0. The molecular weight excluding hydrogens is 1680 g/mol. The smallest absolute Gasteiger partial charge is 0.275 e. The summed E-state index contributed by atoms with van der Waals surface area (Å²) < 4.78 is 18.7. The Balaban J connectivity index is 0.766. The first-order chi connectivity index (χ1) is 65.0. The number of nitrogens with zero attached hydrogens (tertiary/aromatic N) is 11. The second kappa shape index (κ2) is 55.2. The van der Waals surface area contributed by atoms with Crippen molar-refractivity contribution in [1.82, 2.24) is 54.8 Å². The molecule has 11 rings (SSSR count). The maximum Gasteiger partial charge on any atom is 0.275 e. The van der Waals surface area contributed by atoms with Crippen LogP contribution in [-0.2, 0) is 9.59 Å². The summed E-state index contributed by atoms with van der Waals surface area (Å²) in [6.07, 6.45) is 41.8. The van der Waals surface area contributed by atoms with E-state index >= 15 is 0 Å². The van der Waals surface area contributed by atoms with Crippen LogP contribution in [0.25, 0.3) is 44.1 Å². The highest BCUT2D eigenvalue weighted by molar-refractivity contribution is 6.10. The minimum atomic E-state index is -0.742. The van der Waals surface area contributed by atoms with E-state index in [1.54, 1.807) is 97.1 Å². The topological polar surface area (TPSA) is 402 Å². The van der Waals surface area contributed by atoms with Crippen LogP contribution in [0, 0.1) is 0 Å². The molecule has 8 N–H and O–H groups in total. The SMILES string of the molecule is CCCCCCCCCCOc1cc(C(=O)Nc2ccc3ccc(NC(=O)CCCCCCCCC)nc3n2)nc(C(=O)Nc2ccc3ccc(NC(=O)c4cc(OCCCCCCCCCC)cc(C(=O)Nc5ccc6ccc(NC(=O)c7cc(OCCCCCCCCCC)cc(C(=O)Nc8ccc9ccc(NC(=O)CCCCCCCCC)nc9n8)n7)nc6n5)n4)nc3n2)c1. The summed E-state index contributed by atoms with van der Waals surface area (Å²) in [5, 5.41) is 25.0. The van der Waals surface area contributed by atoms with Gasteiger partial charge in [0.1, 0.15) is 98.0 Å². The Morgan fingerprint density at radius 1 is 0.203 bits per heavy atom. The van der Waals surface area contributed by atoms with Crippen LogP contribution in [0.5, 0.6) is 17.2 Å². The molecule has 0 saturated heterocycles. The van der Waals surface area contributed by atoms with Gasteiger partial charge >= 0.3 is 0 Å². The van der Waals surface area contributed by atoms with Crippen LogP contribution >= 0.6 is 0 Å². The minimum absolute atomic E-state index is 0.0590. The molecule has 30 nitrogen and oxygen atoms in total. The first kappa shape index (κ1) is 100. The third kappa shape index (κ3) is 34.2. The minimum Gasteiger partial charge on any atom is -0.493 e. The standard InChI is InChI=1S/C103H131N19O11/c1-6-11-16-21-26-31-36-41-62-131-75-65-78(98(125)117-86-56-48-71-46-54-84(109-94(71)111-86)107-92(123)44-39-34-29-24-19-14-9-4)104-80(67-75)100(127)119-88-58-50-73-52-60-90(115-96(73)113-88)121-102(129)82-69-77(133-64-43-38-33-28-23-18-13-8-3)70-83(106-82)103(130)122-91-61-53-74-51-59-89(114-97(74)116-91)120-101(128)81-68-76(132-63-42-37-32-27-22-17-12-7-2)66-79(105-81)99(126)118-87-57-49-72-47-55-85(110-95(72)112-87)108-93(124)45-40-35-30-25-20-15-10-5/h46-61,65-70H,6-45,62-64H2,1-5H3,(H2,107,109,111,117,123,125)(H2,108,110,112,118,124,126)(H2,113,115,119,121,127,129)(H2,114,116,120,122,128,130). The van der Waals surface area contributed by atoms with E-state index in [-0.39, 0.29) is 109 Å². The molecule has 133 heavy (non-hydrogen) atoms. The highest BCUT2D eigenvalue weighted by Gasteiger charge is 2.24. The van der Waals surface area contributed by atoms with Crippen LogP contribution in [0.2, 0.25) is 0 Å². The molecule has 8 amide bonds. The van der Waals surface area contributed by atoms with E-state index in [4.69, 9.17) is 14.2 Å². The van der Waals surface area contributed by atoms with Gasteiger partial charge < -0.3 is 56.7 Å². The van der Waals surface area contributed by atoms with Crippen molar-refractivity contribution in [3.63, 3.8) is 0 Å². The average Bonchev–Trinajstić information content (AvgIpc) is 0.803. The molecule has 11 aromatic heterocycles. The zero-order valence-electron chi connectivity index (χ0n) is 78.0. The molecule has 0 aliphatic rings. The van der Waals surface area contributed by atoms with Gasteiger partial charge in [0.15, 0.2) is 22.6 Å². The number of rotatable bonds is 60. The number of carbonyl (C=O) groups is 8. The molecule has 0 aliphatic heterocycles. The van der Waals surface area contributed by atoms with Gasteiger partial charge in [-0.05, 0) is 129 Å². The second-order valence-electron chi connectivity index (χ2n) is 34.0. The Hall–Kier alpha value is -13.2. The van der Waals surface area contributed by atoms with Crippen molar-refractivity contribution in [2.24, 2.45) is 0 Å². The number of ether oxygens (including phenoxy) is 3. The lowest BCUT2D eigenvalue weighted by molar-refractivity contribution is -0.117. The summed E-state index contributed by atoms with van der Waals surface area (Å²) in [6.45, 7) is 11.9. The lowest BCUT2D eigenvalue weighted by atomic mass is 10.1. The Morgan fingerprint density at radius 3 is 0.556 bits per heavy atom. The van der Waals surface area contributed by atoms with E-state index in [1.165, 1.54) is 139 Å². The molecule has 30 heteroatoms. The Kier molecular flexibility index (Phi) is 41.7. The fraction of sp³-hybridized carbons (Fsp3) is 0.466. The maximum absolute atomic E-state index is 14.5. The fourth-order valence-corrected chi connectivity index (χ4v) is 15.3. The molecule has 0 aliphatic carbocycles. The zero-order valence-corrected chi connectivity index (χ0v) is 78.0. The zero-order chi connectivity index (χ0) is 93.6. The monoisotopic (exact) mass is 1810 g/mol. The Labute approximate surface area is 779 Å². The molecule has 11 aromatic rings. The summed E-state index contributed by atoms with van der Waals surface area (Å²) in [5.41, 5.74) is -0.0602. The lowest BCUT2D eigenvalue weighted by Gasteiger charge is -2.12. The molecule has 11 heterocycles. The summed E-state index contributed by atoms with van der Waals surface area (Å²) in [5.74, 6) is -2.59. The van der Waals surface area contributed by atoms with Crippen molar-refractivity contribution in [1.29, 1.82) is 0 Å². The van der Waals surface area contributed by atoms with E-state index in [9.17, 15) is 38.4 Å². The average molecular weight is 1810 g/mol. The van der Waals surface area contributed by atoms with Gasteiger partial charge in [-0.3, -0.25) is 38.4 Å². The van der Waals surface area contributed by atoms with Gasteiger partial charge in [-0.1, -0.05) is 247 Å². The van der Waals surface area contributed by atoms with E-state index in [0.717, 1.165) is 141 Å². The number of anilines is 8. The number of unbranched alkanes of at least 4 members (excludes halogenated alkanes) is 33. The van der Waals surface area contributed by atoms with Gasteiger partial charge in [0, 0.05) is 70.8 Å². The Bertz CT molecular complexity index is 5350. The normalized spacial score (nSPS) is 11.2. The van der Waals surface area contributed by atoms with Gasteiger partial charge in [-0.25, -0.2) is 54.8 Å². The molecule has 0 fully saturated rings. The van der Waals surface area contributed by atoms with Gasteiger partial charge in [-0.2, -0.15) is 0 Å². The quantitative estimate of drug-likeness (QED) is 0.0164. The molecule has 0 unspecified atom stereocenters. The van der Waals surface area contributed by atoms with Crippen LogP contribution in [0.1, 0.15) is 354 Å². The van der Waals surface area contributed by atoms with Crippen molar-refractivity contribution < 1.29 is 52.6 Å². The van der Waals surface area contributed by atoms with Crippen LogP contribution in [0.4, 0.5) is 46.5 Å². The van der Waals surface area contributed by atoms with E-state index in [1.807, 2.05) is 0 Å². The van der Waals surface area contributed by atoms with Gasteiger partial charge in [0.2, 0.25) is 11.8 Å². The van der Waals surface area contributed by atoms with Crippen LogP contribution in [0.3, 0.4) is 0 Å². The third-order valence-electron chi connectivity index (χ3n) is 22.8. The number of nitrogens with one attached hydrogen (secondary N) is 8. The number of hydrogen-bond donors (Lipinski definition) is 8. The fourth-order valence-electron chi connectivity index (χ4n) is 15.3. The summed E-state index contributed by atoms with van der Waals surface area (Å²) in [7, 11) is 0. The summed E-state index contributed by atoms with van der Waals surface area (Å²) in [6, 6.07) is 35.6. The van der Waals surface area contributed by atoms with E-state index < -0.39 is 35.4 Å². The molecule has 0 atom stereocenters. The van der Waals surface area contributed by atoms with Gasteiger partial charge in [0.05, 0.1) is 19.8 Å². The number of fused-ring (bicyclic) bond motifs is 4. The first-order valence-electron chi connectivity index (χ1n) is 48.5. The van der Waals surface area contributed by atoms with E-state index in [2.05, 4.69) is 132 Å². The highest BCUT2D eigenvalue weighted by Crippen LogP contribution is 2.29. The van der Waals surface area contributed by atoms with Crippen LogP contribution in [0.15, 0.2) is 133 Å². The van der Waals surface area contributed by atoms with E-state index in [0.29, 0.717) is 77.1 Å². The number of carbonyl (C=O) groups excluding carboxylic acids is 8. The summed E-state index contributed by atoms with van der Waals surface area (Å²) >= 11 is 0. The summed E-state index contributed by atoms with van der Waals surface area (Å²) in [4.78, 5) is 163. The van der Waals surface area contributed by atoms with Crippen molar-refractivity contribution in [2.45, 2.75) is 291 Å². The molecule has 0 bridgehead atoms. The molecule has 704 valence electrons.